The van der Waals surface area contributed by atoms with Crippen LogP contribution in [0.3, 0.4) is 0 Å². The highest BCUT2D eigenvalue weighted by Gasteiger charge is 2.45. The van der Waals surface area contributed by atoms with Crippen molar-refractivity contribution in [1.29, 1.82) is 0 Å². The van der Waals surface area contributed by atoms with Crippen molar-refractivity contribution in [2.45, 2.75) is 33.1 Å². The van der Waals surface area contributed by atoms with E-state index < -0.39 is 21.6 Å². The maximum absolute atomic E-state index is 11.8. The molecule has 17 heavy (non-hydrogen) atoms. The second kappa shape index (κ2) is 5.32. The van der Waals surface area contributed by atoms with E-state index >= 15 is 0 Å². The molecule has 6 nitrogen and oxygen atoms in total. The van der Waals surface area contributed by atoms with Crippen molar-refractivity contribution in [1.82, 2.24) is 9.03 Å². The number of hydrogen-bond donors (Lipinski definition) is 2. The fraction of sp³-hybridized carbons (Fsp3) is 0.900. The molecule has 0 spiro atoms. The van der Waals surface area contributed by atoms with Gasteiger partial charge in [0.05, 0.1) is 5.41 Å². The van der Waals surface area contributed by atoms with Crippen LogP contribution in [0.5, 0.6) is 0 Å². The van der Waals surface area contributed by atoms with E-state index in [4.69, 9.17) is 5.11 Å². The Balaban J connectivity index is 2.63. The summed E-state index contributed by atoms with van der Waals surface area (Å²) >= 11 is 0. The third-order valence-corrected chi connectivity index (χ3v) is 5.11. The lowest BCUT2D eigenvalue weighted by Crippen LogP contribution is -2.50. The first-order valence-electron chi connectivity index (χ1n) is 5.86. The van der Waals surface area contributed by atoms with Crippen LogP contribution in [-0.2, 0) is 15.0 Å². The largest absolute Gasteiger partial charge is 0.481 e. The minimum absolute atomic E-state index is 0.0127. The van der Waals surface area contributed by atoms with Crippen molar-refractivity contribution < 1.29 is 18.3 Å². The van der Waals surface area contributed by atoms with Crippen molar-refractivity contribution >= 4 is 16.2 Å². The second-order valence-corrected chi connectivity index (χ2v) is 6.10. The molecular formula is C10H20N2O4S. The SMILES string of the molecule is CCN(CC)S(=O)(=O)NCC1(C(=O)O)CCC1. The van der Waals surface area contributed by atoms with Gasteiger partial charge >= 0.3 is 5.97 Å². The molecule has 0 atom stereocenters. The van der Waals surface area contributed by atoms with Crippen LogP contribution in [0.1, 0.15) is 33.1 Å². The molecule has 1 rings (SSSR count). The van der Waals surface area contributed by atoms with Gasteiger partial charge in [0.25, 0.3) is 10.2 Å². The minimum atomic E-state index is -3.55. The lowest BCUT2D eigenvalue weighted by atomic mass is 9.69. The summed E-state index contributed by atoms with van der Waals surface area (Å²) in [5.74, 6) is -0.911. The summed E-state index contributed by atoms with van der Waals surface area (Å²) in [6.07, 6.45) is 1.94. The van der Waals surface area contributed by atoms with Crippen LogP contribution in [0.25, 0.3) is 0 Å². The van der Waals surface area contributed by atoms with Gasteiger partial charge in [-0.15, -0.1) is 0 Å². The van der Waals surface area contributed by atoms with Gasteiger partial charge in [0.2, 0.25) is 0 Å². The van der Waals surface area contributed by atoms with E-state index in [9.17, 15) is 13.2 Å². The predicted octanol–water partition coefficient (Wildman–Crippen LogP) is 0.417. The van der Waals surface area contributed by atoms with E-state index in [2.05, 4.69) is 4.72 Å². The molecule has 0 aromatic rings. The highest BCUT2D eigenvalue weighted by atomic mass is 32.2. The molecule has 100 valence electrons. The third kappa shape index (κ3) is 2.97. The molecular weight excluding hydrogens is 244 g/mol. The number of rotatable bonds is 7. The Labute approximate surface area is 102 Å². The zero-order chi connectivity index (χ0) is 13.1. The fourth-order valence-corrected chi connectivity index (χ4v) is 3.28. The maximum Gasteiger partial charge on any atom is 0.310 e. The number of aliphatic carboxylic acids is 1. The zero-order valence-electron chi connectivity index (χ0n) is 10.3. The summed E-state index contributed by atoms with van der Waals surface area (Å²) in [6, 6.07) is 0. The van der Waals surface area contributed by atoms with E-state index in [1.807, 2.05) is 0 Å². The monoisotopic (exact) mass is 264 g/mol. The van der Waals surface area contributed by atoms with Crippen LogP contribution < -0.4 is 4.72 Å². The highest BCUT2D eigenvalue weighted by Crippen LogP contribution is 2.40. The van der Waals surface area contributed by atoms with Gasteiger partial charge in [0.15, 0.2) is 0 Å². The van der Waals surface area contributed by atoms with Crippen molar-refractivity contribution in [2.75, 3.05) is 19.6 Å². The first kappa shape index (κ1) is 14.4. The molecule has 0 amide bonds. The molecule has 2 N–H and O–H groups in total. The molecule has 1 fully saturated rings. The van der Waals surface area contributed by atoms with E-state index in [1.54, 1.807) is 13.8 Å². The molecule has 0 aromatic carbocycles. The van der Waals surface area contributed by atoms with Gasteiger partial charge < -0.3 is 5.11 Å². The van der Waals surface area contributed by atoms with Gasteiger partial charge in [-0.3, -0.25) is 4.79 Å². The van der Waals surface area contributed by atoms with Crippen LogP contribution in [0, 0.1) is 5.41 Å². The smallest absolute Gasteiger partial charge is 0.310 e. The Hall–Kier alpha value is -0.660. The lowest BCUT2D eigenvalue weighted by Gasteiger charge is -2.37. The first-order valence-corrected chi connectivity index (χ1v) is 7.30. The van der Waals surface area contributed by atoms with E-state index in [-0.39, 0.29) is 6.54 Å². The Morgan fingerprint density at radius 2 is 1.88 bits per heavy atom. The number of carbonyl (C=O) groups is 1. The normalized spacial score (nSPS) is 19.0. The quantitative estimate of drug-likeness (QED) is 0.697. The summed E-state index contributed by atoms with van der Waals surface area (Å²) in [6.45, 7) is 4.25. The molecule has 1 aliphatic carbocycles. The second-order valence-electron chi connectivity index (χ2n) is 4.35. The summed E-state index contributed by atoms with van der Waals surface area (Å²) in [4.78, 5) is 11.1. The van der Waals surface area contributed by atoms with Gasteiger partial charge in [-0.1, -0.05) is 20.3 Å². The highest BCUT2D eigenvalue weighted by molar-refractivity contribution is 7.87. The van der Waals surface area contributed by atoms with Crippen LogP contribution in [0.2, 0.25) is 0 Å². The topological polar surface area (TPSA) is 86.7 Å². The van der Waals surface area contributed by atoms with Gasteiger partial charge in [0.1, 0.15) is 0 Å². The van der Waals surface area contributed by atoms with Gasteiger partial charge in [-0.2, -0.15) is 12.7 Å². The maximum atomic E-state index is 11.8. The Kier molecular flexibility index (Phi) is 4.51. The molecule has 0 heterocycles. The number of carboxylic acids is 1. The van der Waals surface area contributed by atoms with Gasteiger partial charge in [0, 0.05) is 19.6 Å². The molecule has 0 saturated heterocycles. The number of nitrogens with zero attached hydrogens (tertiary/aromatic N) is 1. The summed E-state index contributed by atoms with van der Waals surface area (Å²) < 4.78 is 27.3. The van der Waals surface area contributed by atoms with E-state index in [0.717, 1.165) is 6.42 Å². The molecule has 1 aliphatic rings. The molecule has 0 aromatic heterocycles. The van der Waals surface area contributed by atoms with E-state index in [1.165, 1.54) is 4.31 Å². The fourth-order valence-electron chi connectivity index (χ4n) is 1.95. The van der Waals surface area contributed by atoms with Crippen molar-refractivity contribution in [2.24, 2.45) is 5.41 Å². The Bertz CT molecular complexity index is 372. The third-order valence-electron chi connectivity index (χ3n) is 3.40. The lowest BCUT2D eigenvalue weighted by molar-refractivity contribution is -0.153. The van der Waals surface area contributed by atoms with Crippen molar-refractivity contribution in [3.05, 3.63) is 0 Å². The van der Waals surface area contributed by atoms with Crippen LogP contribution in [0.15, 0.2) is 0 Å². The van der Waals surface area contributed by atoms with Crippen LogP contribution in [0.4, 0.5) is 0 Å². The van der Waals surface area contributed by atoms with E-state index in [0.29, 0.717) is 25.9 Å². The Morgan fingerprint density at radius 3 is 2.18 bits per heavy atom. The Morgan fingerprint density at radius 1 is 1.35 bits per heavy atom. The molecule has 0 unspecified atom stereocenters. The minimum Gasteiger partial charge on any atom is -0.481 e. The average molecular weight is 264 g/mol. The predicted molar refractivity (Wildman–Crippen MR) is 63.8 cm³/mol. The molecule has 7 heteroatoms. The van der Waals surface area contributed by atoms with Crippen molar-refractivity contribution in [3.63, 3.8) is 0 Å². The summed E-state index contributed by atoms with van der Waals surface area (Å²) in [5, 5.41) is 9.09. The number of hydrogen-bond acceptors (Lipinski definition) is 3. The number of nitrogens with one attached hydrogen (secondary N) is 1. The zero-order valence-corrected chi connectivity index (χ0v) is 11.1. The summed E-state index contributed by atoms with van der Waals surface area (Å²) in [7, 11) is -3.55. The van der Waals surface area contributed by atoms with Gasteiger partial charge in [-0.05, 0) is 12.8 Å². The molecule has 0 radical (unpaired) electrons. The number of carboxylic acid groups (broad SMARTS) is 1. The van der Waals surface area contributed by atoms with Crippen LogP contribution in [-0.4, -0.2) is 43.4 Å². The molecule has 0 bridgehead atoms. The average Bonchev–Trinajstić information content (AvgIpc) is 2.16. The standard InChI is InChI=1S/C10H20N2O4S/c1-3-12(4-2)17(15,16)11-8-10(9(13)14)6-5-7-10/h11H,3-8H2,1-2H3,(H,13,14). The molecule has 0 aliphatic heterocycles. The molecule has 1 saturated carbocycles. The van der Waals surface area contributed by atoms with Crippen LogP contribution >= 0.6 is 0 Å². The summed E-state index contributed by atoms with van der Waals surface area (Å²) in [5.41, 5.74) is -0.889. The first-order chi connectivity index (χ1) is 7.88. The van der Waals surface area contributed by atoms with Crippen molar-refractivity contribution in [3.8, 4) is 0 Å². The van der Waals surface area contributed by atoms with Gasteiger partial charge in [-0.25, -0.2) is 4.72 Å².